The van der Waals surface area contributed by atoms with Gasteiger partial charge in [0.25, 0.3) is 5.91 Å². The minimum atomic E-state index is -0.0195. The summed E-state index contributed by atoms with van der Waals surface area (Å²) in [6, 6.07) is 4.06. The van der Waals surface area contributed by atoms with E-state index in [1.165, 1.54) is 12.8 Å². The van der Waals surface area contributed by atoms with Gasteiger partial charge >= 0.3 is 0 Å². The first-order valence-electron chi connectivity index (χ1n) is 9.47. The number of carbonyl (C=O) groups excluding carboxylic acids is 1. The second kappa shape index (κ2) is 8.63. The molecule has 1 N–H and O–H groups in total. The molecule has 6 heteroatoms. The fourth-order valence-corrected chi connectivity index (χ4v) is 3.74. The predicted molar refractivity (Wildman–Crippen MR) is 99.0 cm³/mol. The minimum Gasteiger partial charge on any atom is -0.379 e. The third kappa shape index (κ3) is 4.50. The zero-order valence-electron chi connectivity index (χ0n) is 15.4. The SMILES string of the molecule is CC(C)[C@H](CNC(=O)c1cccnc1N1CCCC1)N1CCOCC1. The van der Waals surface area contributed by atoms with Gasteiger partial charge in [0.15, 0.2) is 0 Å². The summed E-state index contributed by atoms with van der Waals surface area (Å²) < 4.78 is 5.45. The molecular formula is C19H30N4O2. The monoisotopic (exact) mass is 346 g/mol. The summed E-state index contributed by atoms with van der Waals surface area (Å²) in [5.74, 6) is 1.28. The average Bonchev–Trinajstić information content (AvgIpc) is 3.17. The van der Waals surface area contributed by atoms with Crippen molar-refractivity contribution in [2.45, 2.75) is 32.7 Å². The fourth-order valence-electron chi connectivity index (χ4n) is 3.74. The lowest BCUT2D eigenvalue weighted by Crippen LogP contribution is -2.51. The van der Waals surface area contributed by atoms with E-state index in [1.54, 1.807) is 6.20 Å². The van der Waals surface area contributed by atoms with E-state index in [0.717, 1.165) is 45.2 Å². The van der Waals surface area contributed by atoms with E-state index >= 15 is 0 Å². The van der Waals surface area contributed by atoms with E-state index in [-0.39, 0.29) is 5.91 Å². The first-order chi connectivity index (χ1) is 12.2. The van der Waals surface area contributed by atoms with E-state index in [2.05, 4.69) is 33.9 Å². The number of hydrogen-bond acceptors (Lipinski definition) is 5. The van der Waals surface area contributed by atoms with Gasteiger partial charge in [0.05, 0.1) is 18.8 Å². The van der Waals surface area contributed by atoms with Gasteiger partial charge in [0.1, 0.15) is 5.82 Å². The number of amides is 1. The van der Waals surface area contributed by atoms with Gasteiger partial charge in [-0.2, -0.15) is 0 Å². The molecule has 0 saturated carbocycles. The molecule has 1 atom stereocenters. The topological polar surface area (TPSA) is 57.7 Å². The maximum absolute atomic E-state index is 12.8. The van der Waals surface area contributed by atoms with Crippen LogP contribution in [0.5, 0.6) is 0 Å². The maximum atomic E-state index is 12.8. The highest BCUT2D eigenvalue weighted by atomic mass is 16.5. The maximum Gasteiger partial charge on any atom is 0.255 e. The average molecular weight is 346 g/mol. The second-order valence-electron chi connectivity index (χ2n) is 7.24. The molecule has 6 nitrogen and oxygen atoms in total. The standard InChI is InChI=1S/C19H30N4O2/c1-15(2)17(22-10-12-25-13-11-22)14-21-19(24)16-6-5-7-20-18(16)23-8-3-4-9-23/h5-7,15,17H,3-4,8-14H2,1-2H3,(H,21,24)/t17-/m0/s1. The van der Waals surface area contributed by atoms with Gasteiger partial charge in [-0.15, -0.1) is 0 Å². The van der Waals surface area contributed by atoms with Gasteiger partial charge in [-0.25, -0.2) is 4.98 Å². The van der Waals surface area contributed by atoms with Crippen LogP contribution in [0.1, 0.15) is 37.0 Å². The van der Waals surface area contributed by atoms with Crippen molar-refractivity contribution in [3.8, 4) is 0 Å². The first-order valence-corrected chi connectivity index (χ1v) is 9.47. The molecule has 138 valence electrons. The number of anilines is 1. The molecule has 0 spiro atoms. The number of ether oxygens (including phenoxy) is 1. The van der Waals surface area contributed by atoms with Crippen LogP contribution in [0.25, 0.3) is 0 Å². The summed E-state index contributed by atoms with van der Waals surface area (Å²) in [5, 5.41) is 3.15. The van der Waals surface area contributed by atoms with Crippen molar-refractivity contribution in [1.82, 2.24) is 15.2 Å². The highest BCUT2D eigenvalue weighted by Crippen LogP contribution is 2.22. The summed E-state index contributed by atoms with van der Waals surface area (Å²) in [4.78, 5) is 21.9. The van der Waals surface area contributed by atoms with Crippen molar-refractivity contribution in [3.05, 3.63) is 23.9 Å². The summed E-state index contributed by atoms with van der Waals surface area (Å²) in [6.45, 7) is 10.5. The van der Waals surface area contributed by atoms with Crippen molar-refractivity contribution in [2.75, 3.05) is 50.8 Å². The number of carbonyl (C=O) groups is 1. The number of rotatable bonds is 6. The highest BCUT2D eigenvalue weighted by Gasteiger charge is 2.25. The third-order valence-electron chi connectivity index (χ3n) is 5.19. The van der Waals surface area contributed by atoms with Crippen molar-refractivity contribution in [1.29, 1.82) is 0 Å². The summed E-state index contributed by atoms with van der Waals surface area (Å²) in [7, 11) is 0. The second-order valence-corrected chi connectivity index (χ2v) is 7.24. The molecule has 0 aliphatic carbocycles. The van der Waals surface area contributed by atoms with Crippen LogP contribution in [0.15, 0.2) is 18.3 Å². The molecular weight excluding hydrogens is 316 g/mol. The molecule has 1 aromatic heterocycles. The molecule has 0 bridgehead atoms. The molecule has 3 rings (SSSR count). The Balaban J connectivity index is 1.65. The van der Waals surface area contributed by atoms with Crippen LogP contribution in [0.2, 0.25) is 0 Å². The molecule has 1 amide bonds. The number of morpholine rings is 1. The number of pyridine rings is 1. The molecule has 1 aromatic rings. The molecule has 2 saturated heterocycles. The Kier molecular flexibility index (Phi) is 6.26. The van der Waals surface area contributed by atoms with Crippen LogP contribution >= 0.6 is 0 Å². The molecule has 0 unspecified atom stereocenters. The Morgan fingerprint density at radius 2 is 1.96 bits per heavy atom. The van der Waals surface area contributed by atoms with Gasteiger partial charge < -0.3 is 15.0 Å². The van der Waals surface area contributed by atoms with Crippen LogP contribution in [0.3, 0.4) is 0 Å². The Hall–Kier alpha value is -1.66. The Labute approximate surface area is 150 Å². The molecule has 0 aromatic carbocycles. The molecule has 0 radical (unpaired) electrons. The fraction of sp³-hybridized carbons (Fsp3) is 0.684. The van der Waals surface area contributed by atoms with Gasteiger partial charge in [-0.3, -0.25) is 9.69 Å². The lowest BCUT2D eigenvalue weighted by atomic mass is 10.0. The van der Waals surface area contributed by atoms with Crippen molar-refractivity contribution >= 4 is 11.7 Å². The van der Waals surface area contributed by atoms with Crippen LogP contribution in [0, 0.1) is 5.92 Å². The molecule has 2 aliphatic rings. The lowest BCUT2D eigenvalue weighted by molar-refractivity contribution is 0.00673. The number of nitrogens with one attached hydrogen (secondary N) is 1. The normalized spacial score (nSPS) is 20.0. The molecule has 25 heavy (non-hydrogen) atoms. The number of aromatic nitrogens is 1. The minimum absolute atomic E-state index is 0.0195. The summed E-state index contributed by atoms with van der Waals surface area (Å²) in [6.07, 6.45) is 4.11. The van der Waals surface area contributed by atoms with E-state index in [4.69, 9.17) is 4.74 Å². The lowest BCUT2D eigenvalue weighted by Gasteiger charge is -2.37. The Bertz CT molecular complexity index is 566. The number of hydrogen-bond donors (Lipinski definition) is 1. The van der Waals surface area contributed by atoms with Crippen LogP contribution < -0.4 is 10.2 Å². The van der Waals surface area contributed by atoms with Crippen molar-refractivity contribution < 1.29 is 9.53 Å². The zero-order chi connectivity index (χ0) is 17.6. The zero-order valence-corrected chi connectivity index (χ0v) is 15.4. The van der Waals surface area contributed by atoms with E-state index in [0.29, 0.717) is 24.1 Å². The van der Waals surface area contributed by atoms with E-state index < -0.39 is 0 Å². The van der Waals surface area contributed by atoms with Crippen LogP contribution in [0.4, 0.5) is 5.82 Å². The third-order valence-corrected chi connectivity index (χ3v) is 5.19. The Morgan fingerprint density at radius 3 is 2.64 bits per heavy atom. The van der Waals surface area contributed by atoms with Crippen LogP contribution in [-0.2, 0) is 4.74 Å². The summed E-state index contributed by atoms with van der Waals surface area (Å²) in [5.41, 5.74) is 0.689. The van der Waals surface area contributed by atoms with Crippen molar-refractivity contribution in [2.24, 2.45) is 5.92 Å². The molecule has 3 heterocycles. The van der Waals surface area contributed by atoms with Crippen LogP contribution in [-0.4, -0.2) is 67.8 Å². The predicted octanol–water partition coefficient (Wildman–Crippen LogP) is 1.77. The van der Waals surface area contributed by atoms with E-state index in [9.17, 15) is 4.79 Å². The van der Waals surface area contributed by atoms with Gasteiger partial charge in [0.2, 0.25) is 0 Å². The molecule has 2 fully saturated rings. The van der Waals surface area contributed by atoms with E-state index in [1.807, 2.05) is 12.1 Å². The smallest absolute Gasteiger partial charge is 0.255 e. The quantitative estimate of drug-likeness (QED) is 0.851. The van der Waals surface area contributed by atoms with Crippen molar-refractivity contribution in [3.63, 3.8) is 0 Å². The van der Waals surface area contributed by atoms with Gasteiger partial charge in [0, 0.05) is 45.0 Å². The van der Waals surface area contributed by atoms with Gasteiger partial charge in [-0.05, 0) is 30.9 Å². The first kappa shape index (κ1) is 18.1. The molecule has 2 aliphatic heterocycles. The largest absolute Gasteiger partial charge is 0.379 e. The number of nitrogens with zero attached hydrogens (tertiary/aromatic N) is 3. The Morgan fingerprint density at radius 1 is 1.24 bits per heavy atom. The van der Waals surface area contributed by atoms with Gasteiger partial charge in [-0.1, -0.05) is 13.8 Å². The summed E-state index contributed by atoms with van der Waals surface area (Å²) >= 11 is 0. The highest BCUT2D eigenvalue weighted by molar-refractivity contribution is 5.98.